The van der Waals surface area contributed by atoms with E-state index in [0.717, 1.165) is 18.6 Å². The highest BCUT2D eigenvalue weighted by atomic mass is 19.4. The van der Waals surface area contributed by atoms with Crippen LogP contribution < -0.4 is 10.1 Å². The van der Waals surface area contributed by atoms with E-state index in [0.29, 0.717) is 0 Å². The minimum absolute atomic E-state index is 0.0878. The first kappa shape index (κ1) is 15.5. The standard InChI is InChI=1S/C13H16F3NO2/c1-3-9(2)17-8-12(18)10-5-4-6-11(7-10)19-13(14,15)16/h4-7,9,17H,3,8H2,1-2H3. The largest absolute Gasteiger partial charge is 0.573 e. The third-order valence-electron chi connectivity index (χ3n) is 2.61. The molecule has 0 amide bonds. The quantitative estimate of drug-likeness (QED) is 0.810. The average Bonchev–Trinajstić information content (AvgIpc) is 2.33. The van der Waals surface area contributed by atoms with Gasteiger partial charge in [-0.25, -0.2) is 0 Å². The van der Waals surface area contributed by atoms with Crippen molar-refractivity contribution in [2.45, 2.75) is 32.7 Å². The smallest absolute Gasteiger partial charge is 0.406 e. The van der Waals surface area contributed by atoms with Gasteiger partial charge in [0, 0.05) is 11.6 Å². The number of alkyl halides is 3. The Balaban J connectivity index is 2.68. The minimum atomic E-state index is -4.75. The molecule has 6 heteroatoms. The molecule has 19 heavy (non-hydrogen) atoms. The molecule has 1 rings (SSSR count). The van der Waals surface area contributed by atoms with Gasteiger partial charge in [0.2, 0.25) is 0 Å². The Morgan fingerprint density at radius 2 is 2.11 bits per heavy atom. The van der Waals surface area contributed by atoms with Crippen LogP contribution in [0.4, 0.5) is 13.2 Å². The lowest BCUT2D eigenvalue weighted by Crippen LogP contribution is -2.30. The fraction of sp³-hybridized carbons (Fsp3) is 0.462. The van der Waals surface area contributed by atoms with Crippen LogP contribution in [0.5, 0.6) is 5.75 Å². The van der Waals surface area contributed by atoms with Crippen LogP contribution in [-0.2, 0) is 0 Å². The number of nitrogens with one attached hydrogen (secondary N) is 1. The van der Waals surface area contributed by atoms with Crippen molar-refractivity contribution in [3.8, 4) is 5.75 Å². The fourth-order valence-corrected chi connectivity index (χ4v) is 1.38. The molecule has 0 aliphatic carbocycles. The summed E-state index contributed by atoms with van der Waals surface area (Å²) in [6, 6.07) is 5.25. The number of ketones is 1. The maximum absolute atomic E-state index is 12.1. The molecule has 1 aromatic carbocycles. The summed E-state index contributed by atoms with van der Waals surface area (Å²) in [4.78, 5) is 11.8. The van der Waals surface area contributed by atoms with Crippen molar-refractivity contribution in [3.05, 3.63) is 29.8 Å². The zero-order valence-electron chi connectivity index (χ0n) is 10.8. The molecule has 0 saturated carbocycles. The summed E-state index contributed by atoms with van der Waals surface area (Å²) in [6.45, 7) is 3.99. The van der Waals surface area contributed by atoms with E-state index in [1.807, 2.05) is 13.8 Å². The molecule has 0 aliphatic rings. The van der Waals surface area contributed by atoms with E-state index in [9.17, 15) is 18.0 Å². The number of halogens is 3. The van der Waals surface area contributed by atoms with Crippen molar-refractivity contribution in [3.63, 3.8) is 0 Å². The van der Waals surface area contributed by atoms with Crippen molar-refractivity contribution in [2.24, 2.45) is 0 Å². The molecule has 1 unspecified atom stereocenters. The first-order chi connectivity index (χ1) is 8.81. The van der Waals surface area contributed by atoms with E-state index in [4.69, 9.17) is 0 Å². The minimum Gasteiger partial charge on any atom is -0.406 e. The zero-order chi connectivity index (χ0) is 14.5. The van der Waals surface area contributed by atoms with E-state index < -0.39 is 6.36 Å². The van der Waals surface area contributed by atoms with Crippen LogP contribution >= 0.6 is 0 Å². The van der Waals surface area contributed by atoms with Crippen LogP contribution in [0, 0.1) is 0 Å². The fourth-order valence-electron chi connectivity index (χ4n) is 1.38. The zero-order valence-corrected chi connectivity index (χ0v) is 10.8. The lowest BCUT2D eigenvalue weighted by Gasteiger charge is -2.12. The summed E-state index contributed by atoms with van der Waals surface area (Å²) >= 11 is 0. The number of rotatable bonds is 6. The topological polar surface area (TPSA) is 38.3 Å². The van der Waals surface area contributed by atoms with Crippen molar-refractivity contribution in [2.75, 3.05) is 6.54 Å². The number of benzene rings is 1. The van der Waals surface area contributed by atoms with Crippen LogP contribution in [0.2, 0.25) is 0 Å². The van der Waals surface area contributed by atoms with Gasteiger partial charge in [0.05, 0.1) is 6.54 Å². The molecule has 1 N–H and O–H groups in total. The number of Topliss-reactive ketones (excluding diaryl/α,β-unsaturated/α-hetero) is 1. The highest BCUT2D eigenvalue weighted by Crippen LogP contribution is 2.23. The monoisotopic (exact) mass is 275 g/mol. The highest BCUT2D eigenvalue weighted by molar-refractivity contribution is 5.97. The van der Waals surface area contributed by atoms with Crippen LogP contribution in [-0.4, -0.2) is 24.7 Å². The Bertz CT molecular complexity index is 432. The summed E-state index contributed by atoms with van der Waals surface area (Å²) in [5, 5.41) is 2.99. The third-order valence-corrected chi connectivity index (χ3v) is 2.61. The molecule has 0 heterocycles. The van der Waals surface area contributed by atoms with E-state index >= 15 is 0 Å². The van der Waals surface area contributed by atoms with Gasteiger partial charge in [-0.3, -0.25) is 4.79 Å². The number of carbonyl (C=O) groups excluding carboxylic acids is 1. The first-order valence-corrected chi connectivity index (χ1v) is 5.94. The number of carbonyl (C=O) groups is 1. The molecule has 0 aromatic heterocycles. The van der Waals surface area contributed by atoms with Gasteiger partial charge in [0.15, 0.2) is 5.78 Å². The maximum Gasteiger partial charge on any atom is 0.573 e. The van der Waals surface area contributed by atoms with Crippen LogP contribution in [0.3, 0.4) is 0 Å². The second kappa shape index (κ2) is 6.56. The van der Waals surface area contributed by atoms with Crippen molar-refractivity contribution in [1.82, 2.24) is 5.32 Å². The summed E-state index contributed by atoms with van der Waals surface area (Å²) in [7, 11) is 0. The molecular formula is C13H16F3NO2. The molecule has 0 saturated heterocycles. The van der Waals surface area contributed by atoms with Crippen molar-refractivity contribution >= 4 is 5.78 Å². The normalized spacial score (nSPS) is 13.1. The second-order valence-electron chi connectivity index (χ2n) is 4.19. The van der Waals surface area contributed by atoms with Gasteiger partial charge in [0.25, 0.3) is 0 Å². The summed E-state index contributed by atoms with van der Waals surface area (Å²) in [5.41, 5.74) is 0.192. The predicted octanol–water partition coefficient (Wildman–Crippen LogP) is 3.16. The lowest BCUT2D eigenvalue weighted by molar-refractivity contribution is -0.274. The van der Waals surface area contributed by atoms with E-state index in [1.54, 1.807) is 0 Å². The van der Waals surface area contributed by atoms with Crippen molar-refractivity contribution < 1.29 is 22.7 Å². The molecule has 1 aromatic rings. The number of hydrogen-bond acceptors (Lipinski definition) is 3. The van der Waals surface area contributed by atoms with Gasteiger partial charge < -0.3 is 10.1 Å². The molecule has 0 bridgehead atoms. The van der Waals surface area contributed by atoms with Crippen LogP contribution in [0.1, 0.15) is 30.6 Å². The first-order valence-electron chi connectivity index (χ1n) is 5.94. The molecule has 106 valence electrons. The van der Waals surface area contributed by atoms with Gasteiger partial charge in [-0.2, -0.15) is 0 Å². The number of ether oxygens (including phenoxy) is 1. The van der Waals surface area contributed by atoms with Crippen molar-refractivity contribution in [1.29, 1.82) is 0 Å². The Labute approximate surface area is 109 Å². The SMILES string of the molecule is CCC(C)NCC(=O)c1cccc(OC(F)(F)F)c1. The average molecular weight is 275 g/mol. The molecule has 0 fully saturated rings. The molecule has 0 radical (unpaired) electrons. The van der Waals surface area contributed by atoms with Gasteiger partial charge >= 0.3 is 6.36 Å². The predicted molar refractivity (Wildman–Crippen MR) is 65.2 cm³/mol. The molecule has 1 atom stereocenters. The van der Waals surface area contributed by atoms with Gasteiger partial charge in [-0.15, -0.1) is 13.2 Å². The highest BCUT2D eigenvalue weighted by Gasteiger charge is 2.31. The molecular weight excluding hydrogens is 259 g/mol. The van der Waals surface area contributed by atoms with Crippen LogP contribution in [0.25, 0.3) is 0 Å². The Morgan fingerprint density at radius 3 is 2.68 bits per heavy atom. The Morgan fingerprint density at radius 1 is 1.42 bits per heavy atom. The third kappa shape index (κ3) is 5.74. The van der Waals surface area contributed by atoms with Gasteiger partial charge in [0.1, 0.15) is 5.75 Å². The van der Waals surface area contributed by atoms with E-state index in [2.05, 4.69) is 10.1 Å². The van der Waals surface area contributed by atoms with Gasteiger partial charge in [-0.1, -0.05) is 19.1 Å². The van der Waals surface area contributed by atoms with Crippen LogP contribution in [0.15, 0.2) is 24.3 Å². The molecule has 0 aliphatic heterocycles. The maximum atomic E-state index is 12.1. The molecule has 3 nitrogen and oxygen atoms in total. The summed E-state index contributed by atoms with van der Waals surface area (Å²) in [5.74, 6) is -0.658. The number of hydrogen-bond donors (Lipinski definition) is 1. The van der Waals surface area contributed by atoms with Gasteiger partial charge in [-0.05, 0) is 25.5 Å². The van der Waals surface area contributed by atoms with E-state index in [-0.39, 0.29) is 29.7 Å². The van der Waals surface area contributed by atoms with E-state index in [1.165, 1.54) is 12.1 Å². The lowest BCUT2D eigenvalue weighted by atomic mass is 10.1. The Hall–Kier alpha value is -1.56. The summed E-state index contributed by atoms with van der Waals surface area (Å²) < 4.78 is 39.9. The second-order valence-corrected chi connectivity index (χ2v) is 4.19. The Kier molecular flexibility index (Phi) is 5.35. The summed E-state index contributed by atoms with van der Waals surface area (Å²) in [6.07, 6.45) is -3.89. The molecule has 0 spiro atoms.